The van der Waals surface area contributed by atoms with Gasteiger partial charge in [-0.05, 0) is 37.8 Å². The number of unbranched alkanes of at least 4 members (excludes halogenated alkanes) is 4. The Hall–Kier alpha value is -2.00. The van der Waals surface area contributed by atoms with Gasteiger partial charge in [-0.1, -0.05) is 25.0 Å². The topological polar surface area (TPSA) is 134 Å². The van der Waals surface area contributed by atoms with Crippen LogP contribution in [0.5, 0.6) is 0 Å². The van der Waals surface area contributed by atoms with E-state index in [1.165, 1.54) is 12.1 Å². The van der Waals surface area contributed by atoms with Crippen molar-refractivity contribution in [3.05, 3.63) is 35.4 Å². The molecule has 0 heterocycles. The highest BCUT2D eigenvalue weighted by molar-refractivity contribution is 6.03. The van der Waals surface area contributed by atoms with Gasteiger partial charge in [-0.2, -0.15) is 0 Å². The monoisotopic (exact) mass is 398 g/mol. The highest BCUT2D eigenvalue weighted by Crippen LogP contribution is 2.16. The van der Waals surface area contributed by atoms with Gasteiger partial charge in [0.25, 0.3) is 0 Å². The molecule has 1 aromatic carbocycles. The van der Waals surface area contributed by atoms with Crippen molar-refractivity contribution in [1.29, 1.82) is 0 Å². The molecule has 0 saturated carbocycles. The van der Waals surface area contributed by atoms with Crippen molar-refractivity contribution < 1.29 is 39.5 Å². The average molecular weight is 398 g/mol. The first kappa shape index (κ1) is 24.0. The Morgan fingerprint density at radius 2 is 1.11 bits per heavy atom. The zero-order valence-corrected chi connectivity index (χ0v) is 16.0. The predicted molar refractivity (Wildman–Crippen MR) is 100 cm³/mol. The lowest BCUT2D eigenvalue weighted by molar-refractivity contribution is -0.0728. The molecule has 0 amide bonds. The van der Waals surface area contributed by atoms with Crippen molar-refractivity contribution in [2.45, 2.75) is 63.9 Å². The number of aliphatic hydroxyl groups excluding tert-OH is 4. The molecule has 0 aliphatic heterocycles. The fourth-order valence-corrected chi connectivity index (χ4v) is 2.55. The van der Waals surface area contributed by atoms with Gasteiger partial charge in [0.2, 0.25) is 12.6 Å². The molecule has 4 N–H and O–H groups in total. The summed E-state index contributed by atoms with van der Waals surface area (Å²) in [5, 5.41) is 37.1. The van der Waals surface area contributed by atoms with Crippen LogP contribution in [0, 0.1) is 0 Å². The van der Waals surface area contributed by atoms with E-state index in [1.54, 1.807) is 12.1 Å². The van der Waals surface area contributed by atoms with Gasteiger partial charge in [0.15, 0.2) is 0 Å². The third kappa shape index (κ3) is 9.27. The van der Waals surface area contributed by atoms with Gasteiger partial charge in [-0.25, -0.2) is 9.59 Å². The van der Waals surface area contributed by atoms with Crippen LogP contribution < -0.4 is 0 Å². The molecular formula is C20H30O8. The van der Waals surface area contributed by atoms with E-state index in [0.717, 1.165) is 0 Å². The summed E-state index contributed by atoms with van der Waals surface area (Å²) in [6, 6.07) is 5.86. The minimum atomic E-state index is -1.31. The first-order valence-corrected chi connectivity index (χ1v) is 9.58. The summed E-state index contributed by atoms with van der Waals surface area (Å²) >= 11 is 0. The summed E-state index contributed by atoms with van der Waals surface area (Å²) in [6.45, 7) is 0.136. The predicted octanol–water partition coefficient (Wildman–Crippen LogP) is 1.74. The molecular weight excluding hydrogens is 368 g/mol. The number of esters is 2. The minimum Gasteiger partial charge on any atom is -0.432 e. The van der Waals surface area contributed by atoms with Crippen LogP contribution >= 0.6 is 0 Å². The summed E-state index contributed by atoms with van der Waals surface area (Å²) in [6.07, 6.45) is 1.61. The van der Waals surface area contributed by atoms with Crippen LogP contribution in [0.3, 0.4) is 0 Å². The normalized spacial score (nSPS) is 13.0. The van der Waals surface area contributed by atoms with Gasteiger partial charge >= 0.3 is 11.9 Å². The Labute approximate surface area is 164 Å². The molecule has 0 aliphatic carbocycles. The molecule has 158 valence electrons. The molecule has 0 bridgehead atoms. The Balaban J connectivity index is 2.60. The highest BCUT2D eigenvalue weighted by Gasteiger charge is 2.22. The summed E-state index contributed by atoms with van der Waals surface area (Å²) in [5.74, 6) is -1.72. The molecule has 28 heavy (non-hydrogen) atoms. The van der Waals surface area contributed by atoms with E-state index in [4.69, 9.17) is 19.7 Å². The summed E-state index contributed by atoms with van der Waals surface area (Å²) in [4.78, 5) is 24.6. The number of ether oxygens (including phenoxy) is 2. The van der Waals surface area contributed by atoms with Crippen LogP contribution in [0.25, 0.3) is 0 Å². The van der Waals surface area contributed by atoms with Crippen molar-refractivity contribution in [2.24, 2.45) is 0 Å². The van der Waals surface area contributed by atoms with Crippen molar-refractivity contribution in [3.63, 3.8) is 0 Å². The lowest BCUT2D eigenvalue weighted by Gasteiger charge is -2.15. The molecule has 8 nitrogen and oxygen atoms in total. The lowest BCUT2D eigenvalue weighted by Crippen LogP contribution is -2.22. The standard InChI is InChI=1S/C20H30O8/c21-13-7-1-3-11-17(23)27-19(25)15-9-5-6-10-16(15)20(26)28-18(24)12-4-2-8-14-22/h5-6,9-10,17-18,21-24H,1-4,7-8,11-14H2. The second-order valence-electron chi connectivity index (χ2n) is 6.41. The molecule has 1 rings (SSSR count). The van der Waals surface area contributed by atoms with E-state index in [1.807, 2.05) is 0 Å². The SMILES string of the molecule is O=C(OC(O)CCCCCO)c1ccccc1C(=O)OC(O)CCCCCO. The second-order valence-corrected chi connectivity index (χ2v) is 6.41. The quantitative estimate of drug-likeness (QED) is 0.212. The van der Waals surface area contributed by atoms with Crippen molar-refractivity contribution >= 4 is 11.9 Å². The fourth-order valence-electron chi connectivity index (χ4n) is 2.55. The van der Waals surface area contributed by atoms with Gasteiger partial charge in [0.05, 0.1) is 11.1 Å². The molecule has 2 atom stereocenters. The van der Waals surface area contributed by atoms with Crippen LogP contribution in [0.15, 0.2) is 24.3 Å². The fraction of sp³-hybridized carbons (Fsp3) is 0.600. The third-order valence-corrected chi connectivity index (χ3v) is 4.07. The van der Waals surface area contributed by atoms with E-state index in [2.05, 4.69) is 0 Å². The first-order chi connectivity index (χ1) is 13.5. The number of hydrogen-bond donors (Lipinski definition) is 4. The van der Waals surface area contributed by atoms with Gasteiger partial charge in [-0.3, -0.25) is 0 Å². The maximum absolute atomic E-state index is 12.3. The molecule has 0 aromatic heterocycles. The zero-order valence-electron chi connectivity index (χ0n) is 16.0. The molecule has 0 aliphatic rings. The van der Waals surface area contributed by atoms with E-state index in [-0.39, 0.29) is 37.2 Å². The third-order valence-electron chi connectivity index (χ3n) is 4.07. The van der Waals surface area contributed by atoms with Gasteiger partial charge in [-0.15, -0.1) is 0 Å². The van der Waals surface area contributed by atoms with E-state index < -0.39 is 24.5 Å². The van der Waals surface area contributed by atoms with E-state index in [9.17, 15) is 19.8 Å². The maximum atomic E-state index is 12.3. The zero-order chi connectivity index (χ0) is 20.8. The van der Waals surface area contributed by atoms with Crippen LogP contribution in [0.4, 0.5) is 0 Å². The van der Waals surface area contributed by atoms with Gasteiger partial charge < -0.3 is 29.9 Å². The first-order valence-electron chi connectivity index (χ1n) is 9.58. The molecule has 1 aromatic rings. The Bertz CT molecular complexity index is 538. The van der Waals surface area contributed by atoms with Crippen LogP contribution in [-0.2, 0) is 9.47 Å². The minimum absolute atomic E-state index is 0.0608. The summed E-state index contributed by atoms with van der Waals surface area (Å²) in [7, 11) is 0. The molecule has 8 heteroatoms. The Morgan fingerprint density at radius 1 is 0.714 bits per heavy atom. The lowest BCUT2D eigenvalue weighted by atomic mass is 10.1. The largest absolute Gasteiger partial charge is 0.432 e. The maximum Gasteiger partial charge on any atom is 0.341 e. The van der Waals surface area contributed by atoms with Crippen molar-refractivity contribution in [2.75, 3.05) is 13.2 Å². The molecule has 2 unspecified atom stereocenters. The number of hydrogen-bond acceptors (Lipinski definition) is 8. The van der Waals surface area contributed by atoms with Crippen molar-refractivity contribution in [3.8, 4) is 0 Å². The average Bonchev–Trinajstić information content (AvgIpc) is 2.68. The van der Waals surface area contributed by atoms with Gasteiger partial charge in [0, 0.05) is 26.1 Å². The molecule has 0 saturated heterocycles. The number of carbonyl (C=O) groups is 2. The number of benzene rings is 1. The molecule has 0 radical (unpaired) electrons. The Morgan fingerprint density at radius 3 is 1.46 bits per heavy atom. The number of carbonyl (C=O) groups excluding carboxylic acids is 2. The van der Waals surface area contributed by atoms with E-state index >= 15 is 0 Å². The van der Waals surface area contributed by atoms with Crippen LogP contribution in [0.1, 0.15) is 72.1 Å². The van der Waals surface area contributed by atoms with Gasteiger partial charge in [0.1, 0.15) is 0 Å². The number of rotatable bonds is 14. The van der Waals surface area contributed by atoms with Crippen molar-refractivity contribution in [1.82, 2.24) is 0 Å². The summed E-state index contributed by atoms with van der Waals surface area (Å²) < 4.78 is 9.93. The smallest absolute Gasteiger partial charge is 0.341 e. The van der Waals surface area contributed by atoms with Crippen LogP contribution in [0.2, 0.25) is 0 Å². The number of aliphatic hydroxyl groups is 4. The summed E-state index contributed by atoms with van der Waals surface area (Å²) in [5.41, 5.74) is -0.122. The second kappa shape index (κ2) is 14.1. The highest BCUT2D eigenvalue weighted by atomic mass is 16.6. The Kier molecular flexibility index (Phi) is 12.1. The van der Waals surface area contributed by atoms with Crippen LogP contribution in [-0.4, -0.2) is 58.2 Å². The molecule has 0 spiro atoms. The molecule has 0 fully saturated rings. The van der Waals surface area contributed by atoms with E-state index in [0.29, 0.717) is 38.5 Å².